The molecule has 0 radical (unpaired) electrons. The van der Waals surface area contributed by atoms with E-state index in [9.17, 15) is 10.2 Å². The second-order valence-corrected chi connectivity index (χ2v) is 6.77. The van der Waals surface area contributed by atoms with E-state index in [-0.39, 0.29) is 11.5 Å². The van der Waals surface area contributed by atoms with Gasteiger partial charge in [-0.15, -0.1) is 16.8 Å². The number of phenolic OH excluding ortho intramolecular Hbond substituents is 2. The van der Waals surface area contributed by atoms with E-state index in [2.05, 4.69) is 27.1 Å². The quantitative estimate of drug-likeness (QED) is 0.358. The average molecular weight is 380 g/mol. The standard InChI is InChI=1S/C19H16N4O3S/c1-2-9-27-19-21-18-16(22-23-19)12-5-3-4-6-13(12)20-17(26-18)11-7-8-14(24)15(25)10-11/h2-8,10,17,20,24-25H,1,9H2. The number of hydrogen-bond donors (Lipinski definition) is 3. The van der Waals surface area contributed by atoms with Crippen molar-refractivity contribution >= 4 is 17.4 Å². The van der Waals surface area contributed by atoms with Crippen LogP contribution in [0.2, 0.25) is 0 Å². The van der Waals surface area contributed by atoms with Crippen LogP contribution in [0.25, 0.3) is 11.3 Å². The molecule has 7 nitrogen and oxygen atoms in total. The lowest BCUT2D eigenvalue weighted by atomic mass is 10.1. The summed E-state index contributed by atoms with van der Waals surface area (Å²) in [5.74, 6) is 0.579. The van der Waals surface area contributed by atoms with Crippen molar-refractivity contribution in [3.8, 4) is 28.6 Å². The zero-order valence-electron chi connectivity index (χ0n) is 14.2. The monoisotopic (exact) mass is 380 g/mol. The summed E-state index contributed by atoms with van der Waals surface area (Å²) in [7, 11) is 0. The van der Waals surface area contributed by atoms with E-state index in [1.54, 1.807) is 12.1 Å². The molecular formula is C19H16N4O3S. The minimum Gasteiger partial charge on any atom is -0.504 e. The second kappa shape index (κ2) is 7.16. The molecular weight excluding hydrogens is 364 g/mol. The smallest absolute Gasteiger partial charge is 0.247 e. The summed E-state index contributed by atoms with van der Waals surface area (Å²) in [6.45, 7) is 3.69. The molecule has 0 amide bonds. The summed E-state index contributed by atoms with van der Waals surface area (Å²) in [6.07, 6.45) is 1.13. The Hall–Kier alpha value is -3.26. The third kappa shape index (κ3) is 3.39. The third-order valence-electron chi connectivity index (χ3n) is 3.97. The molecule has 8 heteroatoms. The number of ether oxygens (including phenoxy) is 1. The normalized spacial score (nSPS) is 14.9. The number of benzene rings is 2. The fourth-order valence-corrected chi connectivity index (χ4v) is 3.21. The number of aromatic hydroxyl groups is 2. The van der Waals surface area contributed by atoms with E-state index >= 15 is 0 Å². The minimum absolute atomic E-state index is 0.194. The Morgan fingerprint density at radius 1 is 1.15 bits per heavy atom. The van der Waals surface area contributed by atoms with Gasteiger partial charge in [0.15, 0.2) is 23.4 Å². The number of hydrogen-bond acceptors (Lipinski definition) is 8. The van der Waals surface area contributed by atoms with Crippen LogP contribution in [0, 0.1) is 0 Å². The molecule has 0 aliphatic carbocycles. The maximum atomic E-state index is 9.85. The fraction of sp³-hybridized carbons (Fsp3) is 0.105. The van der Waals surface area contributed by atoms with Crippen molar-refractivity contribution in [1.82, 2.24) is 15.2 Å². The molecule has 0 spiro atoms. The van der Waals surface area contributed by atoms with Gasteiger partial charge in [-0.25, -0.2) is 0 Å². The highest BCUT2D eigenvalue weighted by Crippen LogP contribution is 2.40. The topological polar surface area (TPSA) is 100 Å². The molecule has 3 aromatic rings. The number of rotatable bonds is 4. The number of nitrogens with one attached hydrogen (secondary N) is 1. The number of aromatic nitrogens is 3. The van der Waals surface area contributed by atoms with Crippen LogP contribution in [-0.4, -0.2) is 31.1 Å². The highest BCUT2D eigenvalue weighted by Gasteiger charge is 2.26. The van der Waals surface area contributed by atoms with Crippen molar-refractivity contribution in [2.24, 2.45) is 0 Å². The van der Waals surface area contributed by atoms with Crippen molar-refractivity contribution < 1.29 is 14.9 Å². The van der Waals surface area contributed by atoms with Crippen LogP contribution >= 0.6 is 11.8 Å². The van der Waals surface area contributed by atoms with Gasteiger partial charge in [0.25, 0.3) is 0 Å². The van der Waals surface area contributed by atoms with Crippen LogP contribution in [-0.2, 0) is 0 Å². The number of nitrogens with zero attached hydrogens (tertiary/aromatic N) is 3. The molecule has 2 aromatic carbocycles. The highest BCUT2D eigenvalue weighted by atomic mass is 32.2. The van der Waals surface area contributed by atoms with Crippen molar-refractivity contribution in [2.45, 2.75) is 11.4 Å². The number of anilines is 1. The number of phenols is 2. The SMILES string of the molecule is C=CCSc1nnc2c(n1)OC(c1ccc(O)c(O)c1)Nc1ccccc1-2. The summed E-state index contributed by atoms with van der Waals surface area (Å²) in [4.78, 5) is 4.49. The predicted octanol–water partition coefficient (Wildman–Crippen LogP) is 3.73. The van der Waals surface area contributed by atoms with Crippen molar-refractivity contribution in [3.63, 3.8) is 0 Å². The van der Waals surface area contributed by atoms with Gasteiger partial charge in [-0.2, -0.15) is 4.98 Å². The Bertz CT molecular complexity index is 1010. The van der Waals surface area contributed by atoms with Gasteiger partial charge in [0.05, 0.1) is 0 Å². The Labute approximate surface area is 159 Å². The molecule has 4 rings (SSSR count). The lowest BCUT2D eigenvalue weighted by Gasteiger charge is -2.19. The Morgan fingerprint density at radius 2 is 2.00 bits per heavy atom. The van der Waals surface area contributed by atoms with E-state index in [0.29, 0.717) is 28.0 Å². The molecule has 0 saturated carbocycles. The van der Waals surface area contributed by atoms with Crippen LogP contribution in [0.1, 0.15) is 11.8 Å². The first-order valence-electron chi connectivity index (χ1n) is 8.18. The molecule has 2 heterocycles. The zero-order chi connectivity index (χ0) is 18.8. The van der Waals surface area contributed by atoms with Crippen LogP contribution in [0.4, 0.5) is 5.69 Å². The maximum Gasteiger partial charge on any atom is 0.247 e. The summed E-state index contributed by atoms with van der Waals surface area (Å²) in [5, 5.41) is 31.7. The summed E-state index contributed by atoms with van der Waals surface area (Å²) < 4.78 is 6.08. The van der Waals surface area contributed by atoms with Gasteiger partial charge in [0, 0.05) is 22.6 Å². The maximum absolute atomic E-state index is 9.85. The third-order valence-corrected chi connectivity index (χ3v) is 4.80. The summed E-state index contributed by atoms with van der Waals surface area (Å²) in [5.41, 5.74) is 2.79. The molecule has 0 bridgehead atoms. The molecule has 1 aromatic heterocycles. The second-order valence-electron chi connectivity index (χ2n) is 5.78. The number of fused-ring (bicyclic) bond motifs is 3. The van der Waals surface area contributed by atoms with Gasteiger partial charge < -0.3 is 20.3 Å². The van der Waals surface area contributed by atoms with Gasteiger partial charge in [0.1, 0.15) is 0 Å². The number of para-hydroxylation sites is 1. The minimum atomic E-state index is -0.632. The summed E-state index contributed by atoms with van der Waals surface area (Å²) in [6, 6.07) is 12.1. The summed E-state index contributed by atoms with van der Waals surface area (Å²) >= 11 is 1.41. The van der Waals surface area contributed by atoms with Gasteiger partial charge in [-0.3, -0.25) is 0 Å². The van der Waals surface area contributed by atoms with Crippen LogP contribution in [0.15, 0.2) is 60.3 Å². The molecule has 0 fully saturated rings. The van der Waals surface area contributed by atoms with Crippen LogP contribution < -0.4 is 10.1 Å². The Morgan fingerprint density at radius 3 is 2.81 bits per heavy atom. The van der Waals surface area contributed by atoms with Crippen molar-refractivity contribution in [3.05, 3.63) is 60.7 Å². The molecule has 1 atom stereocenters. The van der Waals surface area contributed by atoms with E-state index < -0.39 is 6.23 Å². The highest BCUT2D eigenvalue weighted by molar-refractivity contribution is 7.99. The van der Waals surface area contributed by atoms with Crippen LogP contribution in [0.5, 0.6) is 17.4 Å². The first-order chi connectivity index (χ1) is 13.2. The van der Waals surface area contributed by atoms with E-state index in [1.807, 2.05) is 24.3 Å². The Balaban J connectivity index is 1.80. The molecule has 1 aliphatic heterocycles. The molecule has 3 N–H and O–H groups in total. The predicted molar refractivity (Wildman–Crippen MR) is 103 cm³/mol. The molecule has 27 heavy (non-hydrogen) atoms. The van der Waals surface area contributed by atoms with Crippen LogP contribution in [0.3, 0.4) is 0 Å². The van der Waals surface area contributed by atoms with Gasteiger partial charge in [-0.05, 0) is 24.3 Å². The van der Waals surface area contributed by atoms with Gasteiger partial charge in [-0.1, -0.05) is 36.0 Å². The van der Waals surface area contributed by atoms with Gasteiger partial charge in [0.2, 0.25) is 11.0 Å². The van der Waals surface area contributed by atoms with E-state index in [0.717, 1.165) is 11.3 Å². The molecule has 136 valence electrons. The first kappa shape index (κ1) is 17.2. The zero-order valence-corrected chi connectivity index (χ0v) is 15.0. The van der Waals surface area contributed by atoms with E-state index in [1.165, 1.54) is 23.9 Å². The lowest BCUT2D eigenvalue weighted by molar-refractivity contribution is 0.224. The fourth-order valence-electron chi connectivity index (χ4n) is 2.70. The molecule has 0 saturated heterocycles. The first-order valence-corrected chi connectivity index (χ1v) is 9.17. The number of thioether (sulfide) groups is 1. The molecule has 1 aliphatic rings. The average Bonchev–Trinajstić information content (AvgIpc) is 2.85. The largest absolute Gasteiger partial charge is 0.504 e. The van der Waals surface area contributed by atoms with Crippen molar-refractivity contribution in [2.75, 3.05) is 11.1 Å². The van der Waals surface area contributed by atoms with E-state index in [4.69, 9.17) is 4.74 Å². The van der Waals surface area contributed by atoms with Gasteiger partial charge >= 0.3 is 0 Å². The van der Waals surface area contributed by atoms with Crippen molar-refractivity contribution in [1.29, 1.82) is 0 Å². The lowest BCUT2D eigenvalue weighted by Crippen LogP contribution is -2.17. The Kier molecular flexibility index (Phi) is 4.55. The molecule has 1 unspecified atom stereocenters.